The molecule has 2 aromatic carbocycles. The molecule has 0 amide bonds. The van der Waals surface area contributed by atoms with Crippen LogP contribution in [0.5, 0.6) is 11.8 Å². The highest BCUT2D eigenvalue weighted by molar-refractivity contribution is 7.89. The van der Waals surface area contributed by atoms with E-state index in [9.17, 15) is 17.2 Å². The molecule has 0 aliphatic carbocycles. The summed E-state index contributed by atoms with van der Waals surface area (Å²) < 4.78 is 61.4. The Morgan fingerprint density at radius 3 is 2.43 bits per heavy atom. The fraction of sp³-hybridized carbons (Fsp3) is 0.222. The number of sulfonamides is 1. The van der Waals surface area contributed by atoms with Crippen LogP contribution in [0.3, 0.4) is 0 Å². The SMILES string of the molecule is CCn1c(Oc2ccc(F)cc2)nnc1[C@@H](C)NS(=O)(=O)c1ccccc1F. The average Bonchev–Trinajstić information content (AvgIpc) is 3.06. The first-order chi connectivity index (χ1) is 13.3. The Balaban J connectivity index is 1.84. The summed E-state index contributed by atoms with van der Waals surface area (Å²) in [4.78, 5) is -0.452. The van der Waals surface area contributed by atoms with E-state index in [1.807, 2.05) is 6.92 Å². The van der Waals surface area contributed by atoms with Gasteiger partial charge in [-0.05, 0) is 50.2 Å². The van der Waals surface area contributed by atoms with Crippen LogP contribution >= 0.6 is 0 Å². The molecule has 28 heavy (non-hydrogen) atoms. The van der Waals surface area contributed by atoms with E-state index in [4.69, 9.17) is 4.74 Å². The van der Waals surface area contributed by atoms with Gasteiger partial charge in [0.05, 0.1) is 6.04 Å². The Morgan fingerprint density at radius 2 is 1.79 bits per heavy atom. The predicted molar refractivity (Wildman–Crippen MR) is 97.3 cm³/mol. The van der Waals surface area contributed by atoms with Gasteiger partial charge in [-0.15, -0.1) is 5.10 Å². The zero-order chi connectivity index (χ0) is 20.3. The van der Waals surface area contributed by atoms with Gasteiger partial charge >= 0.3 is 6.01 Å². The maximum absolute atomic E-state index is 13.9. The molecule has 0 spiro atoms. The summed E-state index contributed by atoms with van der Waals surface area (Å²) in [7, 11) is -4.11. The summed E-state index contributed by atoms with van der Waals surface area (Å²) in [5.74, 6) is -0.602. The molecule has 0 aliphatic heterocycles. The van der Waals surface area contributed by atoms with Crippen molar-refractivity contribution in [1.29, 1.82) is 0 Å². The van der Waals surface area contributed by atoms with E-state index in [1.165, 1.54) is 42.5 Å². The van der Waals surface area contributed by atoms with Crippen LogP contribution in [-0.2, 0) is 16.6 Å². The van der Waals surface area contributed by atoms with Gasteiger partial charge in [0.2, 0.25) is 10.0 Å². The zero-order valence-electron chi connectivity index (χ0n) is 15.1. The second-order valence-electron chi connectivity index (χ2n) is 5.91. The van der Waals surface area contributed by atoms with Crippen molar-refractivity contribution in [2.75, 3.05) is 0 Å². The number of nitrogens with one attached hydrogen (secondary N) is 1. The Labute approximate surface area is 161 Å². The van der Waals surface area contributed by atoms with E-state index in [2.05, 4.69) is 14.9 Å². The molecule has 0 unspecified atom stereocenters. The summed E-state index contributed by atoms with van der Waals surface area (Å²) in [6.45, 7) is 3.77. The van der Waals surface area contributed by atoms with Crippen molar-refractivity contribution in [2.24, 2.45) is 0 Å². The van der Waals surface area contributed by atoms with Gasteiger partial charge in [-0.25, -0.2) is 21.9 Å². The van der Waals surface area contributed by atoms with E-state index in [0.29, 0.717) is 18.1 Å². The van der Waals surface area contributed by atoms with E-state index in [-0.39, 0.29) is 6.01 Å². The van der Waals surface area contributed by atoms with Crippen LogP contribution < -0.4 is 9.46 Å². The first-order valence-corrected chi connectivity index (χ1v) is 9.93. The highest BCUT2D eigenvalue weighted by atomic mass is 32.2. The molecule has 0 bridgehead atoms. The minimum atomic E-state index is -4.11. The molecule has 7 nitrogen and oxygen atoms in total. The molecule has 1 N–H and O–H groups in total. The van der Waals surface area contributed by atoms with Crippen molar-refractivity contribution in [3.05, 3.63) is 66.0 Å². The maximum Gasteiger partial charge on any atom is 0.322 e. The fourth-order valence-electron chi connectivity index (χ4n) is 2.61. The van der Waals surface area contributed by atoms with Gasteiger partial charge in [0, 0.05) is 6.54 Å². The average molecular weight is 408 g/mol. The van der Waals surface area contributed by atoms with Crippen LogP contribution in [0.1, 0.15) is 25.7 Å². The molecular formula is C18H18F2N4O3S. The van der Waals surface area contributed by atoms with Crippen LogP contribution in [0.15, 0.2) is 53.4 Å². The minimum Gasteiger partial charge on any atom is -0.424 e. The van der Waals surface area contributed by atoms with E-state index in [1.54, 1.807) is 11.5 Å². The van der Waals surface area contributed by atoms with E-state index < -0.39 is 32.6 Å². The summed E-state index contributed by atoms with van der Waals surface area (Å²) in [6, 6.07) is 9.78. The third-order valence-corrected chi connectivity index (χ3v) is 5.50. The van der Waals surface area contributed by atoms with Crippen LogP contribution in [0.2, 0.25) is 0 Å². The van der Waals surface area contributed by atoms with Crippen LogP contribution in [0.25, 0.3) is 0 Å². The number of halogens is 2. The lowest BCUT2D eigenvalue weighted by molar-refractivity contribution is 0.407. The smallest absolute Gasteiger partial charge is 0.322 e. The zero-order valence-corrected chi connectivity index (χ0v) is 16.0. The quantitative estimate of drug-likeness (QED) is 0.648. The van der Waals surface area contributed by atoms with Crippen molar-refractivity contribution in [3.63, 3.8) is 0 Å². The summed E-state index contributed by atoms with van der Waals surface area (Å²) >= 11 is 0. The van der Waals surface area contributed by atoms with Crippen molar-refractivity contribution >= 4 is 10.0 Å². The second-order valence-corrected chi connectivity index (χ2v) is 7.60. The third-order valence-electron chi connectivity index (χ3n) is 3.93. The molecule has 10 heteroatoms. The largest absolute Gasteiger partial charge is 0.424 e. The molecule has 1 atom stereocenters. The summed E-state index contributed by atoms with van der Waals surface area (Å²) in [5.41, 5.74) is 0. The lowest BCUT2D eigenvalue weighted by Gasteiger charge is -2.15. The summed E-state index contributed by atoms with van der Waals surface area (Å²) in [5, 5.41) is 7.93. The number of hydrogen-bond donors (Lipinski definition) is 1. The standard InChI is InChI=1S/C18H18F2N4O3S/c1-3-24-17(21-22-18(24)27-14-10-8-13(19)9-11-14)12(2)23-28(25,26)16-7-5-4-6-15(16)20/h4-12,23H,3H2,1-2H3/t12-/m1/s1. The maximum atomic E-state index is 13.9. The molecule has 0 saturated carbocycles. The van der Waals surface area contributed by atoms with Gasteiger partial charge in [-0.2, -0.15) is 0 Å². The normalized spacial score (nSPS) is 12.7. The molecular weight excluding hydrogens is 390 g/mol. The van der Waals surface area contributed by atoms with Gasteiger partial charge in [0.25, 0.3) is 0 Å². The van der Waals surface area contributed by atoms with Crippen LogP contribution in [0.4, 0.5) is 8.78 Å². The Bertz CT molecular complexity index is 1070. The van der Waals surface area contributed by atoms with Crippen molar-refractivity contribution in [3.8, 4) is 11.8 Å². The second kappa shape index (κ2) is 8.03. The molecule has 0 radical (unpaired) electrons. The van der Waals surface area contributed by atoms with Crippen LogP contribution in [0, 0.1) is 11.6 Å². The van der Waals surface area contributed by atoms with Gasteiger partial charge < -0.3 is 4.74 Å². The monoisotopic (exact) mass is 408 g/mol. The van der Waals surface area contributed by atoms with Crippen LogP contribution in [-0.4, -0.2) is 23.2 Å². The number of ether oxygens (including phenoxy) is 1. The molecule has 0 aliphatic rings. The highest BCUT2D eigenvalue weighted by Crippen LogP contribution is 2.24. The summed E-state index contributed by atoms with van der Waals surface area (Å²) in [6.07, 6.45) is 0. The number of benzene rings is 2. The first-order valence-electron chi connectivity index (χ1n) is 8.45. The van der Waals surface area contributed by atoms with E-state index in [0.717, 1.165) is 6.07 Å². The number of aromatic nitrogens is 3. The first kappa shape index (κ1) is 19.9. The Hall–Kier alpha value is -2.85. The number of hydrogen-bond acceptors (Lipinski definition) is 5. The molecule has 3 aromatic rings. The Kier molecular flexibility index (Phi) is 5.71. The van der Waals surface area contributed by atoms with Crippen molar-refractivity contribution in [1.82, 2.24) is 19.5 Å². The third kappa shape index (κ3) is 4.18. The molecule has 148 valence electrons. The van der Waals surface area contributed by atoms with Gasteiger partial charge in [0.15, 0.2) is 5.82 Å². The van der Waals surface area contributed by atoms with E-state index >= 15 is 0 Å². The molecule has 3 rings (SSSR count). The van der Waals surface area contributed by atoms with Gasteiger partial charge in [-0.1, -0.05) is 17.2 Å². The molecule has 1 aromatic heterocycles. The van der Waals surface area contributed by atoms with Crippen molar-refractivity contribution < 1.29 is 21.9 Å². The Morgan fingerprint density at radius 1 is 1.11 bits per heavy atom. The van der Waals surface area contributed by atoms with Gasteiger partial charge in [-0.3, -0.25) is 4.57 Å². The number of nitrogens with zero attached hydrogens (tertiary/aromatic N) is 3. The van der Waals surface area contributed by atoms with Gasteiger partial charge in [0.1, 0.15) is 22.3 Å². The predicted octanol–water partition coefficient (Wildman–Crippen LogP) is 3.41. The molecule has 0 fully saturated rings. The highest BCUT2D eigenvalue weighted by Gasteiger charge is 2.25. The topological polar surface area (TPSA) is 86.1 Å². The van der Waals surface area contributed by atoms with Crippen molar-refractivity contribution in [2.45, 2.75) is 31.3 Å². The minimum absolute atomic E-state index is 0.126. The molecule has 1 heterocycles. The lowest BCUT2D eigenvalue weighted by Crippen LogP contribution is -2.29. The molecule has 0 saturated heterocycles. The number of rotatable bonds is 7. The lowest BCUT2D eigenvalue weighted by atomic mass is 10.3. The fourth-order valence-corrected chi connectivity index (χ4v) is 3.89.